The van der Waals surface area contributed by atoms with Crippen LogP contribution in [0, 0.1) is 13.8 Å². The van der Waals surface area contributed by atoms with Crippen LogP contribution in [0.15, 0.2) is 18.2 Å². The predicted molar refractivity (Wildman–Crippen MR) is 79.4 cm³/mol. The Morgan fingerprint density at radius 2 is 2.15 bits per heavy atom. The Bertz CT molecular complexity index is 583. The van der Waals surface area contributed by atoms with Crippen molar-refractivity contribution in [3.8, 4) is 5.69 Å². The highest BCUT2D eigenvalue weighted by atomic mass is 35.5. The minimum Gasteiger partial charge on any atom is -0.383 e. The zero-order valence-electron chi connectivity index (χ0n) is 12.0. The third-order valence-corrected chi connectivity index (χ3v) is 3.31. The van der Waals surface area contributed by atoms with Gasteiger partial charge in [-0.05, 0) is 31.5 Å². The second kappa shape index (κ2) is 6.83. The Morgan fingerprint density at radius 3 is 2.75 bits per heavy atom. The molecule has 1 aromatic carbocycles. The van der Waals surface area contributed by atoms with E-state index in [1.165, 1.54) is 0 Å². The summed E-state index contributed by atoms with van der Waals surface area (Å²) in [5, 5.41) is 8.35. The van der Waals surface area contributed by atoms with E-state index in [0.717, 1.165) is 41.0 Å². The van der Waals surface area contributed by atoms with Crippen molar-refractivity contribution in [3.63, 3.8) is 0 Å². The Labute approximate surface area is 123 Å². The molecule has 1 aromatic heterocycles. The van der Waals surface area contributed by atoms with Crippen molar-refractivity contribution in [2.45, 2.75) is 20.4 Å². The van der Waals surface area contributed by atoms with E-state index < -0.39 is 0 Å². The molecule has 0 bridgehead atoms. The van der Waals surface area contributed by atoms with Gasteiger partial charge in [0.25, 0.3) is 0 Å². The van der Waals surface area contributed by atoms with Gasteiger partial charge in [0, 0.05) is 25.2 Å². The van der Waals surface area contributed by atoms with Gasteiger partial charge in [0.1, 0.15) is 11.6 Å². The first-order valence-corrected chi connectivity index (χ1v) is 6.88. The molecule has 0 amide bonds. The van der Waals surface area contributed by atoms with Gasteiger partial charge in [0.05, 0.1) is 12.3 Å². The van der Waals surface area contributed by atoms with Gasteiger partial charge in [-0.2, -0.15) is 5.10 Å². The van der Waals surface area contributed by atoms with E-state index in [4.69, 9.17) is 16.3 Å². The molecule has 1 N–H and O–H groups in total. The smallest absolute Gasteiger partial charge is 0.148 e. The van der Waals surface area contributed by atoms with E-state index in [1.54, 1.807) is 11.8 Å². The molecule has 0 spiro atoms. The summed E-state index contributed by atoms with van der Waals surface area (Å²) >= 11 is 6.32. The fourth-order valence-corrected chi connectivity index (χ4v) is 2.22. The molecule has 2 rings (SSSR count). The van der Waals surface area contributed by atoms with Crippen molar-refractivity contribution in [2.75, 3.05) is 20.3 Å². The van der Waals surface area contributed by atoms with Crippen LogP contribution in [0.3, 0.4) is 0 Å². The summed E-state index contributed by atoms with van der Waals surface area (Å²) in [6.07, 6.45) is 0. The lowest BCUT2D eigenvalue weighted by Crippen LogP contribution is -2.18. The van der Waals surface area contributed by atoms with Gasteiger partial charge in [-0.25, -0.2) is 9.67 Å². The summed E-state index contributed by atoms with van der Waals surface area (Å²) in [5.74, 6) is 1.61. The minimum absolute atomic E-state index is 0.688. The first kappa shape index (κ1) is 15.0. The topological polar surface area (TPSA) is 52.0 Å². The summed E-state index contributed by atoms with van der Waals surface area (Å²) in [5.41, 5.74) is 1.98. The fourth-order valence-electron chi connectivity index (χ4n) is 1.97. The van der Waals surface area contributed by atoms with Crippen LogP contribution >= 0.6 is 11.6 Å². The van der Waals surface area contributed by atoms with E-state index in [9.17, 15) is 0 Å². The maximum atomic E-state index is 6.32. The number of hydrogen-bond acceptors (Lipinski definition) is 4. The largest absolute Gasteiger partial charge is 0.383 e. The number of methoxy groups -OCH3 is 1. The molecule has 5 nitrogen and oxygen atoms in total. The zero-order chi connectivity index (χ0) is 14.5. The highest BCUT2D eigenvalue weighted by Crippen LogP contribution is 2.20. The Kier molecular flexibility index (Phi) is 5.11. The number of ether oxygens (including phenoxy) is 1. The van der Waals surface area contributed by atoms with Crippen LogP contribution in [-0.2, 0) is 11.3 Å². The molecule has 1 heterocycles. The van der Waals surface area contributed by atoms with Crippen molar-refractivity contribution in [3.05, 3.63) is 40.4 Å². The molecule has 0 saturated carbocycles. The Hall–Kier alpha value is -1.43. The number of rotatable bonds is 6. The van der Waals surface area contributed by atoms with E-state index in [2.05, 4.69) is 15.4 Å². The van der Waals surface area contributed by atoms with Crippen molar-refractivity contribution in [1.82, 2.24) is 20.1 Å². The molecule has 0 saturated heterocycles. The van der Waals surface area contributed by atoms with Crippen LogP contribution < -0.4 is 5.32 Å². The van der Waals surface area contributed by atoms with Crippen molar-refractivity contribution in [1.29, 1.82) is 0 Å². The second-order valence-electron chi connectivity index (χ2n) is 4.56. The highest BCUT2D eigenvalue weighted by Gasteiger charge is 2.07. The van der Waals surface area contributed by atoms with E-state index in [1.807, 2.05) is 32.0 Å². The molecule has 0 unspecified atom stereocenters. The third-order valence-electron chi connectivity index (χ3n) is 2.95. The average Bonchev–Trinajstić information content (AvgIpc) is 2.75. The maximum Gasteiger partial charge on any atom is 0.148 e. The molecule has 6 heteroatoms. The van der Waals surface area contributed by atoms with Gasteiger partial charge in [-0.3, -0.25) is 0 Å². The summed E-state index contributed by atoms with van der Waals surface area (Å²) < 4.78 is 6.78. The number of hydrogen-bond donors (Lipinski definition) is 1. The Balaban J connectivity index is 2.11. The van der Waals surface area contributed by atoms with Crippen molar-refractivity contribution >= 4 is 11.6 Å². The van der Waals surface area contributed by atoms with Gasteiger partial charge < -0.3 is 10.1 Å². The van der Waals surface area contributed by atoms with Crippen LogP contribution in [0.4, 0.5) is 0 Å². The van der Waals surface area contributed by atoms with Gasteiger partial charge in [0.15, 0.2) is 0 Å². The van der Waals surface area contributed by atoms with E-state index in [-0.39, 0.29) is 0 Å². The van der Waals surface area contributed by atoms with Gasteiger partial charge >= 0.3 is 0 Å². The molecular weight excluding hydrogens is 276 g/mol. The molecule has 0 radical (unpaired) electrons. The van der Waals surface area contributed by atoms with Crippen LogP contribution in [0.5, 0.6) is 0 Å². The predicted octanol–water partition coefficient (Wildman–Crippen LogP) is 2.27. The average molecular weight is 295 g/mol. The first-order chi connectivity index (χ1) is 9.61. The standard InChI is InChI=1S/C14H19ClN4O/c1-10-17-11(2)19(18-10)13-5-4-12(14(15)8-13)9-16-6-7-20-3/h4-5,8,16H,6-7,9H2,1-3H3. The SMILES string of the molecule is COCCNCc1ccc(-n2nc(C)nc2C)cc1Cl. The first-order valence-electron chi connectivity index (χ1n) is 6.50. The summed E-state index contributed by atoms with van der Waals surface area (Å²) in [6, 6.07) is 5.92. The molecule has 0 aliphatic heterocycles. The molecule has 0 fully saturated rings. The number of aromatic nitrogens is 3. The lowest BCUT2D eigenvalue weighted by Gasteiger charge is -2.09. The molecule has 0 aliphatic rings. The Morgan fingerprint density at radius 1 is 1.35 bits per heavy atom. The number of nitrogens with one attached hydrogen (secondary N) is 1. The molecule has 2 aromatic rings. The molecule has 108 valence electrons. The number of nitrogens with zero attached hydrogens (tertiary/aromatic N) is 3. The number of aryl methyl sites for hydroxylation is 2. The third kappa shape index (κ3) is 3.56. The maximum absolute atomic E-state index is 6.32. The van der Waals surface area contributed by atoms with Crippen molar-refractivity contribution < 1.29 is 4.74 Å². The second-order valence-corrected chi connectivity index (χ2v) is 4.97. The van der Waals surface area contributed by atoms with Gasteiger partial charge in [-0.15, -0.1) is 0 Å². The van der Waals surface area contributed by atoms with E-state index in [0.29, 0.717) is 6.61 Å². The van der Waals surface area contributed by atoms with Gasteiger partial charge in [0.2, 0.25) is 0 Å². The highest BCUT2D eigenvalue weighted by molar-refractivity contribution is 6.31. The summed E-state index contributed by atoms with van der Waals surface area (Å²) in [4.78, 5) is 4.29. The monoisotopic (exact) mass is 294 g/mol. The zero-order valence-corrected chi connectivity index (χ0v) is 12.7. The van der Waals surface area contributed by atoms with Crippen LogP contribution in [-0.4, -0.2) is 35.0 Å². The van der Waals surface area contributed by atoms with Crippen LogP contribution in [0.2, 0.25) is 5.02 Å². The molecular formula is C14H19ClN4O. The summed E-state index contributed by atoms with van der Waals surface area (Å²) in [7, 11) is 1.69. The van der Waals surface area contributed by atoms with Gasteiger partial charge in [-0.1, -0.05) is 17.7 Å². The number of halogens is 1. The molecule has 0 aliphatic carbocycles. The number of benzene rings is 1. The summed E-state index contributed by atoms with van der Waals surface area (Å²) in [6.45, 7) is 6.01. The quantitative estimate of drug-likeness (QED) is 0.831. The van der Waals surface area contributed by atoms with Crippen molar-refractivity contribution in [2.24, 2.45) is 0 Å². The van der Waals surface area contributed by atoms with E-state index >= 15 is 0 Å². The normalized spacial score (nSPS) is 11.0. The van der Waals surface area contributed by atoms with Crippen LogP contribution in [0.1, 0.15) is 17.2 Å². The lowest BCUT2D eigenvalue weighted by atomic mass is 10.2. The lowest BCUT2D eigenvalue weighted by molar-refractivity contribution is 0.199. The minimum atomic E-state index is 0.688. The molecule has 0 atom stereocenters. The van der Waals surface area contributed by atoms with Crippen LogP contribution in [0.25, 0.3) is 5.69 Å². The fraction of sp³-hybridized carbons (Fsp3) is 0.429. The molecule has 20 heavy (non-hydrogen) atoms.